The number of aromatic hydroxyl groups is 1. The van der Waals surface area contributed by atoms with Crippen LogP contribution in [0.1, 0.15) is 23.2 Å². The fraction of sp³-hybridized carbons (Fsp3) is 0.235. The zero-order chi connectivity index (χ0) is 17.1. The van der Waals surface area contributed by atoms with Crippen LogP contribution in [0.15, 0.2) is 30.3 Å². The smallest absolute Gasteiger partial charge is 0.258 e. The number of halogens is 3. The molecule has 1 heterocycles. The van der Waals surface area contributed by atoms with Gasteiger partial charge in [0.2, 0.25) is 0 Å². The molecule has 4 rings (SSSR count). The summed E-state index contributed by atoms with van der Waals surface area (Å²) in [5, 5.41) is 9.15. The third-order valence-electron chi connectivity index (χ3n) is 4.30. The second-order valence-corrected chi connectivity index (χ2v) is 6.48. The molecule has 2 aromatic rings. The minimum atomic E-state index is -0.986. The van der Waals surface area contributed by atoms with Gasteiger partial charge in [0.05, 0.1) is 17.3 Å². The van der Waals surface area contributed by atoms with E-state index >= 15 is 0 Å². The molecule has 1 spiro atoms. The number of ether oxygens (including phenoxy) is 1. The highest BCUT2D eigenvalue weighted by atomic mass is 35.5. The van der Waals surface area contributed by atoms with Crippen molar-refractivity contribution in [1.82, 2.24) is 0 Å². The van der Waals surface area contributed by atoms with Gasteiger partial charge in [-0.2, -0.15) is 0 Å². The Morgan fingerprint density at radius 3 is 2.67 bits per heavy atom. The van der Waals surface area contributed by atoms with Gasteiger partial charge in [-0.25, -0.2) is 8.78 Å². The second kappa shape index (κ2) is 5.08. The molecule has 4 nitrogen and oxygen atoms in total. The van der Waals surface area contributed by atoms with Gasteiger partial charge in [-0.05, 0) is 37.1 Å². The van der Waals surface area contributed by atoms with E-state index in [0.29, 0.717) is 11.4 Å². The van der Waals surface area contributed by atoms with Gasteiger partial charge in [-0.3, -0.25) is 4.79 Å². The Balaban J connectivity index is 1.78. The summed E-state index contributed by atoms with van der Waals surface area (Å²) in [7, 11) is 0. The lowest BCUT2D eigenvalue weighted by Gasteiger charge is -2.35. The average Bonchev–Trinajstić information content (AvgIpc) is 3.30. The van der Waals surface area contributed by atoms with Crippen LogP contribution in [0.3, 0.4) is 0 Å². The van der Waals surface area contributed by atoms with Crippen molar-refractivity contribution in [2.75, 3.05) is 11.4 Å². The van der Waals surface area contributed by atoms with Crippen LogP contribution >= 0.6 is 11.6 Å². The molecule has 0 bridgehead atoms. The summed E-state index contributed by atoms with van der Waals surface area (Å²) < 4.78 is 33.2. The normalized spacial score (nSPS) is 17.4. The summed E-state index contributed by atoms with van der Waals surface area (Å²) in [6.45, 7) is 0.252. The molecular weight excluding hydrogens is 340 g/mol. The third kappa shape index (κ3) is 2.38. The standard InChI is InChI=1S/C17H12ClF2NO3/c18-11-5-9(6-12(20)15(11)22)16(23)21-8-17(3-4-17)24-14-2-1-10(19)7-13(14)21/h1-2,5-7,22H,3-4,8H2. The molecule has 1 aliphatic heterocycles. The van der Waals surface area contributed by atoms with Gasteiger partial charge in [0.15, 0.2) is 11.6 Å². The highest BCUT2D eigenvalue weighted by Gasteiger charge is 2.51. The molecule has 0 saturated heterocycles. The van der Waals surface area contributed by atoms with E-state index in [9.17, 15) is 18.7 Å². The van der Waals surface area contributed by atoms with E-state index in [1.807, 2.05) is 0 Å². The van der Waals surface area contributed by atoms with E-state index in [1.54, 1.807) is 0 Å². The van der Waals surface area contributed by atoms with Gasteiger partial charge in [0, 0.05) is 11.6 Å². The van der Waals surface area contributed by atoms with Crippen LogP contribution in [0, 0.1) is 11.6 Å². The number of benzene rings is 2. The lowest BCUT2D eigenvalue weighted by molar-refractivity contribution is 0.0943. The Morgan fingerprint density at radius 1 is 1.25 bits per heavy atom. The van der Waals surface area contributed by atoms with Crippen molar-refractivity contribution in [2.24, 2.45) is 0 Å². The molecule has 0 unspecified atom stereocenters. The minimum Gasteiger partial charge on any atom is -0.504 e. The number of carbonyl (C=O) groups is 1. The van der Waals surface area contributed by atoms with Crippen LogP contribution in [0.4, 0.5) is 14.5 Å². The summed E-state index contributed by atoms with van der Waals surface area (Å²) in [5.41, 5.74) is -0.190. The molecule has 0 atom stereocenters. The predicted octanol–water partition coefficient (Wildman–Crippen LogP) is 3.90. The first-order valence-electron chi connectivity index (χ1n) is 7.37. The molecule has 1 aliphatic carbocycles. The monoisotopic (exact) mass is 351 g/mol. The van der Waals surface area contributed by atoms with Gasteiger partial charge in [0.25, 0.3) is 5.91 Å². The van der Waals surface area contributed by atoms with Crippen molar-refractivity contribution in [3.8, 4) is 11.5 Å². The number of amides is 1. The molecule has 124 valence electrons. The molecule has 2 aromatic carbocycles. The van der Waals surface area contributed by atoms with Gasteiger partial charge >= 0.3 is 0 Å². The van der Waals surface area contributed by atoms with Crippen LogP contribution in [-0.2, 0) is 0 Å². The summed E-state index contributed by atoms with van der Waals surface area (Å²) >= 11 is 5.75. The lowest BCUT2D eigenvalue weighted by Crippen LogP contribution is -2.45. The van der Waals surface area contributed by atoms with Crippen LogP contribution in [0.25, 0.3) is 0 Å². The molecule has 24 heavy (non-hydrogen) atoms. The first-order valence-corrected chi connectivity index (χ1v) is 7.75. The van der Waals surface area contributed by atoms with Crippen LogP contribution < -0.4 is 9.64 Å². The largest absolute Gasteiger partial charge is 0.504 e. The van der Waals surface area contributed by atoms with Crippen LogP contribution in [0.5, 0.6) is 11.5 Å². The zero-order valence-corrected chi connectivity index (χ0v) is 13.1. The topological polar surface area (TPSA) is 49.8 Å². The molecule has 7 heteroatoms. The number of hydrogen-bond acceptors (Lipinski definition) is 3. The quantitative estimate of drug-likeness (QED) is 0.847. The van der Waals surface area contributed by atoms with Crippen molar-refractivity contribution in [1.29, 1.82) is 0 Å². The highest BCUT2D eigenvalue weighted by Crippen LogP contribution is 2.48. The number of nitrogens with zero attached hydrogens (tertiary/aromatic N) is 1. The van der Waals surface area contributed by atoms with Gasteiger partial charge in [0.1, 0.15) is 17.2 Å². The first-order chi connectivity index (χ1) is 11.4. The van der Waals surface area contributed by atoms with Crippen LogP contribution in [-0.4, -0.2) is 23.2 Å². The highest BCUT2D eigenvalue weighted by molar-refractivity contribution is 6.32. The van der Waals surface area contributed by atoms with E-state index < -0.39 is 28.9 Å². The lowest BCUT2D eigenvalue weighted by atomic mass is 10.1. The van der Waals surface area contributed by atoms with E-state index in [-0.39, 0.29) is 17.1 Å². The fourth-order valence-corrected chi connectivity index (χ4v) is 3.06. The SMILES string of the molecule is O=C(c1cc(F)c(O)c(Cl)c1)N1CC2(CC2)Oc2ccc(F)cc21. The van der Waals surface area contributed by atoms with Gasteiger partial charge in [-0.15, -0.1) is 0 Å². The minimum absolute atomic E-state index is 0.0248. The molecule has 0 radical (unpaired) electrons. The Hall–Kier alpha value is -2.34. The number of carbonyl (C=O) groups excluding carboxylic acids is 1. The molecule has 1 N–H and O–H groups in total. The summed E-state index contributed by atoms with van der Waals surface area (Å²) in [6, 6.07) is 6.06. The summed E-state index contributed by atoms with van der Waals surface area (Å²) in [6.07, 6.45) is 1.58. The number of hydrogen-bond donors (Lipinski definition) is 1. The Kier molecular flexibility index (Phi) is 3.22. The Morgan fingerprint density at radius 2 is 2.00 bits per heavy atom. The van der Waals surface area contributed by atoms with Crippen molar-refractivity contribution in [3.05, 3.63) is 52.6 Å². The molecular formula is C17H12ClF2NO3. The average molecular weight is 352 g/mol. The molecule has 2 aliphatic rings. The van der Waals surface area contributed by atoms with E-state index in [4.69, 9.17) is 16.3 Å². The predicted molar refractivity (Wildman–Crippen MR) is 83.7 cm³/mol. The summed E-state index contributed by atoms with van der Waals surface area (Å²) in [4.78, 5) is 14.2. The van der Waals surface area contributed by atoms with E-state index in [0.717, 1.165) is 18.9 Å². The van der Waals surface area contributed by atoms with Crippen molar-refractivity contribution in [2.45, 2.75) is 18.4 Å². The Bertz CT molecular complexity index is 844. The summed E-state index contributed by atoms with van der Waals surface area (Å²) in [5.74, 6) is -2.31. The molecule has 1 saturated carbocycles. The number of phenols is 1. The fourth-order valence-electron chi connectivity index (χ4n) is 2.85. The number of rotatable bonds is 1. The number of anilines is 1. The van der Waals surface area contributed by atoms with E-state index in [2.05, 4.69) is 0 Å². The third-order valence-corrected chi connectivity index (χ3v) is 4.59. The maximum absolute atomic E-state index is 13.7. The molecule has 1 fully saturated rings. The second-order valence-electron chi connectivity index (χ2n) is 6.08. The van der Waals surface area contributed by atoms with Gasteiger partial charge in [-0.1, -0.05) is 11.6 Å². The van der Waals surface area contributed by atoms with Crippen molar-refractivity contribution < 1.29 is 23.4 Å². The Labute approximate surface area is 141 Å². The number of fused-ring (bicyclic) bond motifs is 1. The number of phenolic OH excluding ortho intramolecular Hbond substituents is 1. The first kappa shape index (κ1) is 15.2. The molecule has 1 amide bonds. The van der Waals surface area contributed by atoms with Gasteiger partial charge < -0.3 is 14.7 Å². The molecule has 0 aromatic heterocycles. The van der Waals surface area contributed by atoms with E-state index in [1.165, 1.54) is 29.2 Å². The van der Waals surface area contributed by atoms with Crippen LogP contribution in [0.2, 0.25) is 5.02 Å². The van der Waals surface area contributed by atoms with Crippen molar-refractivity contribution in [3.63, 3.8) is 0 Å². The van der Waals surface area contributed by atoms with Crippen molar-refractivity contribution >= 4 is 23.2 Å². The zero-order valence-electron chi connectivity index (χ0n) is 12.4. The maximum atomic E-state index is 13.7. The maximum Gasteiger partial charge on any atom is 0.258 e.